The fourth-order valence-corrected chi connectivity index (χ4v) is 1.57. The summed E-state index contributed by atoms with van der Waals surface area (Å²) >= 11 is 0. The zero-order valence-electron chi connectivity index (χ0n) is 9.57. The van der Waals surface area contributed by atoms with Crippen LogP contribution in [0.2, 0.25) is 0 Å². The van der Waals surface area contributed by atoms with E-state index in [2.05, 4.69) is 18.7 Å². The SMILES string of the molecule is CCN(CC)CCC(=O)c1ccccc1. The van der Waals surface area contributed by atoms with Gasteiger partial charge >= 0.3 is 0 Å². The average Bonchev–Trinajstić information content (AvgIpc) is 2.31. The van der Waals surface area contributed by atoms with E-state index in [9.17, 15) is 4.79 Å². The lowest BCUT2D eigenvalue weighted by Crippen LogP contribution is -2.25. The Morgan fingerprint density at radius 1 is 1.13 bits per heavy atom. The Labute approximate surface area is 91.9 Å². The Bertz CT molecular complexity index is 291. The molecule has 0 fully saturated rings. The van der Waals surface area contributed by atoms with Gasteiger partial charge in [-0.3, -0.25) is 4.79 Å². The lowest BCUT2D eigenvalue weighted by Gasteiger charge is -2.16. The third-order valence-electron chi connectivity index (χ3n) is 2.65. The van der Waals surface area contributed by atoms with E-state index < -0.39 is 0 Å². The number of benzene rings is 1. The summed E-state index contributed by atoms with van der Waals surface area (Å²) in [4.78, 5) is 14.0. The topological polar surface area (TPSA) is 20.3 Å². The molecule has 1 aromatic carbocycles. The molecule has 0 aliphatic rings. The standard InChI is InChI=1S/C13H19NO/c1-3-14(4-2)11-10-13(15)12-8-6-5-7-9-12/h5-9H,3-4,10-11H2,1-2H3. The summed E-state index contributed by atoms with van der Waals surface area (Å²) in [6.45, 7) is 7.13. The smallest absolute Gasteiger partial charge is 0.164 e. The van der Waals surface area contributed by atoms with Crippen molar-refractivity contribution in [3.63, 3.8) is 0 Å². The van der Waals surface area contributed by atoms with Crippen LogP contribution in [0.1, 0.15) is 30.6 Å². The van der Waals surface area contributed by atoms with Crippen molar-refractivity contribution in [3.05, 3.63) is 35.9 Å². The summed E-state index contributed by atoms with van der Waals surface area (Å²) in [7, 11) is 0. The van der Waals surface area contributed by atoms with Crippen LogP contribution in [-0.2, 0) is 0 Å². The van der Waals surface area contributed by atoms with E-state index in [4.69, 9.17) is 0 Å². The Morgan fingerprint density at radius 3 is 2.27 bits per heavy atom. The van der Waals surface area contributed by atoms with Crippen LogP contribution in [0.15, 0.2) is 30.3 Å². The number of hydrogen-bond acceptors (Lipinski definition) is 2. The highest BCUT2D eigenvalue weighted by atomic mass is 16.1. The summed E-state index contributed by atoms with van der Waals surface area (Å²) in [5, 5.41) is 0. The van der Waals surface area contributed by atoms with Gasteiger partial charge in [-0.1, -0.05) is 44.2 Å². The maximum absolute atomic E-state index is 11.8. The molecule has 1 aromatic rings. The fraction of sp³-hybridized carbons (Fsp3) is 0.462. The molecule has 0 spiro atoms. The zero-order valence-corrected chi connectivity index (χ0v) is 9.57. The van der Waals surface area contributed by atoms with Crippen LogP contribution < -0.4 is 0 Å². The van der Waals surface area contributed by atoms with Crippen molar-refractivity contribution in [1.29, 1.82) is 0 Å². The molecule has 2 heteroatoms. The van der Waals surface area contributed by atoms with Crippen molar-refractivity contribution in [2.45, 2.75) is 20.3 Å². The first-order chi connectivity index (χ1) is 7.27. The molecular formula is C13H19NO. The Hall–Kier alpha value is -1.15. The molecule has 0 bridgehead atoms. The molecule has 0 atom stereocenters. The molecule has 0 amide bonds. The van der Waals surface area contributed by atoms with Crippen molar-refractivity contribution in [2.24, 2.45) is 0 Å². The number of nitrogens with zero attached hydrogens (tertiary/aromatic N) is 1. The number of rotatable bonds is 6. The van der Waals surface area contributed by atoms with Gasteiger partial charge in [0.15, 0.2) is 5.78 Å². The molecule has 0 aliphatic carbocycles. The van der Waals surface area contributed by atoms with Gasteiger partial charge in [0.1, 0.15) is 0 Å². The van der Waals surface area contributed by atoms with E-state index in [1.165, 1.54) is 0 Å². The van der Waals surface area contributed by atoms with Crippen LogP contribution in [0, 0.1) is 0 Å². The maximum Gasteiger partial charge on any atom is 0.164 e. The van der Waals surface area contributed by atoms with Crippen LogP contribution in [-0.4, -0.2) is 30.3 Å². The van der Waals surface area contributed by atoms with Crippen molar-refractivity contribution >= 4 is 5.78 Å². The molecule has 15 heavy (non-hydrogen) atoms. The number of Topliss-reactive ketones (excluding diaryl/α,β-unsaturated/α-hetero) is 1. The van der Waals surface area contributed by atoms with Crippen LogP contribution in [0.5, 0.6) is 0 Å². The molecule has 0 heterocycles. The van der Waals surface area contributed by atoms with E-state index in [0.29, 0.717) is 6.42 Å². The molecule has 0 radical (unpaired) electrons. The third-order valence-corrected chi connectivity index (χ3v) is 2.65. The van der Waals surface area contributed by atoms with Crippen molar-refractivity contribution in [1.82, 2.24) is 4.90 Å². The van der Waals surface area contributed by atoms with Crippen LogP contribution in [0.3, 0.4) is 0 Å². The predicted octanol–water partition coefficient (Wildman–Crippen LogP) is 2.60. The summed E-state index contributed by atoms with van der Waals surface area (Å²) in [5.74, 6) is 0.238. The van der Waals surface area contributed by atoms with Gasteiger partial charge in [-0.05, 0) is 13.1 Å². The molecular weight excluding hydrogens is 186 g/mol. The Balaban J connectivity index is 2.43. The van der Waals surface area contributed by atoms with Crippen LogP contribution in [0.25, 0.3) is 0 Å². The van der Waals surface area contributed by atoms with Gasteiger partial charge in [0.05, 0.1) is 0 Å². The highest BCUT2D eigenvalue weighted by Crippen LogP contribution is 2.03. The molecule has 0 N–H and O–H groups in total. The molecule has 0 aromatic heterocycles. The maximum atomic E-state index is 11.8. The molecule has 0 saturated heterocycles. The van der Waals surface area contributed by atoms with Crippen LogP contribution in [0.4, 0.5) is 0 Å². The number of ketones is 1. The van der Waals surface area contributed by atoms with Crippen molar-refractivity contribution in [2.75, 3.05) is 19.6 Å². The van der Waals surface area contributed by atoms with E-state index >= 15 is 0 Å². The van der Waals surface area contributed by atoms with E-state index in [1.807, 2.05) is 30.3 Å². The molecule has 1 rings (SSSR count). The Morgan fingerprint density at radius 2 is 1.73 bits per heavy atom. The molecule has 0 aliphatic heterocycles. The average molecular weight is 205 g/mol. The molecule has 82 valence electrons. The minimum Gasteiger partial charge on any atom is -0.303 e. The minimum absolute atomic E-state index is 0.238. The summed E-state index contributed by atoms with van der Waals surface area (Å²) < 4.78 is 0. The van der Waals surface area contributed by atoms with Gasteiger partial charge in [-0.15, -0.1) is 0 Å². The van der Waals surface area contributed by atoms with E-state index in [1.54, 1.807) is 0 Å². The second-order valence-electron chi connectivity index (χ2n) is 3.57. The van der Waals surface area contributed by atoms with Gasteiger partial charge in [-0.25, -0.2) is 0 Å². The monoisotopic (exact) mass is 205 g/mol. The fourth-order valence-electron chi connectivity index (χ4n) is 1.57. The highest BCUT2D eigenvalue weighted by molar-refractivity contribution is 5.96. The quantitative estimate of drug-likeness (QED) is 0.665. The normalized spacial score (nSPS) is 10.6. The summed E-state index contributed by atoms with van der Waals surface area (Å²) in [6.07, 6.45) is 0.617. The molecule has 2 nitrogen and oxygen atoms in total. The first kappa shape index (κ1) is 11.9. The van der Waals surface area contributed by atoms with Gasteiger partial charge in [0.25, 0.3) is 0 Å². The van der Waals surface area contributed by atoms with Crippen LogP contribution >= 0.6 is 0 Å². The Kier molecular flexibility index (Phi) is 5.05. The van der Waals surface area contributed by atoms with Gasteiger partial charge < -0.3 is 4.90 Å². The zero-order chi connectivity index (χ0) is 11.1. The first-order valence-electron chi connectivity index (χ1n) is 5.58. The third kappa shape index (κ3) is 3.84. The van der Waals surface area contributed by atoms with E-state index in [-0.39, 0.29) is 5.78 Å². The highest BCUT2D eigenvalue weighted by Gasteiger charge is 2.06. The predicted molar refractivity (Wildman–Crippen MR) is 63.2 cm³/mol. The van der Waals surface area contributed by atoms with Gasteiger partial charge in [0, 0.05) is 18.5 Å². The van der Waals surface area contributed by atoms with Crippen molar-refractivity contribution in [3.8, 4) is 0 Å². The summed E-state index contributed by atoms with van der Waals surface area (Å²) in [6, 6.07) is 9.51. The van der Waals surface area contributed by atoms with E-state index in [0.717, 1.165) is 25.2 Å². The second kappa shape index (κ2) is 6.36. The lowest BCUT2D eigenvalue weighted by molar-refractivity contribution is 0.0966. The second-order valence-corrected chi connectivity index (χ2v) is 3.57. The lowest BCUT2D eigenvalue weighted by atomic mass is 10.1. The number of hydrogen-bond donors (Lipinski definition) is 0. The molecule has 0 saturated carbocycles. The first-order valence-corrected chi connectivity index (χ1v) is 5.58. The largest absolute Gasteiger partial charge is 0.303 e. The number of carbonyl (C=O) groups excluding carboxylic acids is 1. The van der Waals surface area contributed by atoms with Gasteiger partial charge in [-0.2, -0.15) is 0 Å². The van der Waals surface area contributed by atoms with Gasteiger partial charge in [0.2, 0.25) is 0 Å². The number of carbonyl (C=O) groups is 1. The minimum atomic E-state index is 0.238. The summed E-state index contributed by atoms with van der Waals surface area (Å²) in [5.41, 5.74) is 0.824. The molecule has 0 unspecified atom stereocenters. The van der Waals surface area contributed by atoms with Crippen molar-refractivity contribution < 1.29 is 4.79 Å².